The van der Waals surface area contributed by atoms with Crippen LogP contribution in [-0.4, -0.2) is 23.5 Å². The van der Waals surface area contributed by atoms with Crippen LogP contribution in [0.1, 0.15) is 44.7 Å². The van der Waals surface area contributed by atoms with Gasteiger partial charge < -0.3 is 10.0 Å². The van der Waals surface area contributed by atoms with Crippen LogP contribution in [0.5, 0.6) is 0 Å². The Morgan fingerprint density at radius 2 is 1.77 bits per heavy atom. The van der Waals surface area contributed by atoms with E-state index in [-0.39, 0.29) is 18.4 Å². The minimum Gasteiger partial charge on any atom is -0.481 e. The Bertz CT molecular complexity index is 535. The molecule has 0 heterocycles. The van der Waals surface area contributed by atoms with Crippen LogP contribution in [0.25, 0.3) is 0 Å². The molecule has 22 heavy (non-hydrogen) atoms. The van der Waals surface area contributed by atoms with Crippen molar-refractivity contribution in [2.45, 2.75) is 47.5 Å². The molecule has 1 N–H and O–H groups in total. The van der Waals surface area contributed by atoms with E-state index in [1.165, 1.54) is 0 Å². The second-order valence-corrected chi connectivity index (χ2v) is 5.99. The maximum atomic E-state index is 12.9. The van der Waals surface area contributed by atoms with E-state index in [9.17, 15) is 14.7 Å². The zero-order valence-corrected chi connectivity index (χ0v) is 14.2. The number of anilines is 1. The molecule has 0 spiro atoms. The van der Waals surface area contributed by atoms with Gasteiger partial charge in [0.15, 0.2) is 0 Å². The molecular formula is C18H27NO3. The Morgan fingerprint density at radius 1 is 1.18 bits per heavy atom. The van der Waals surface area contributed by atoms with Gasteiger partial charge in [-0.15, -0.1) is 0 Å². The third-order valence-corrected chi connectivity index (χ3v) is 4.13. The number of amides is 1. The van der Waals surface area contributed by atoms with Gasteiger partial charge in [0.05, 0.1) is 5.92 Å². The van der Waals surface area contributed by atoms with Crippen molar-refractivity contribution >= 4 is 17.6 Å². The normalized spacial score (nSPS) is 12.3. The highest BCUT2D eigenvalue weighted by Gasteiger charge is 2.27. The summed E-state index contributed by atoms with van der Waals surface area (Å²) in [6.07, 6.45) is 1.52. The minimum absolute atomic E-state index is 0.0202. The number of carboxylic acids is 1. The number of rotatable bonds is 7. The summed E-state index contributed by atoms with van der Waals surface area (Å²) < 4.78 is 0. The maximum Gasteiger partial charge on any atom is 0.308 e. The van der Waals surface area contributed by atoms with E-state index in [1.54, 1.807) is 11.8 Å². The molecule has 0 aromatic heterocycles. The molecule has 4 heteroatoms. The number of hydrogen-bond acceptors (Lipinski definition) is 2. The molecule has 1 aromatic carbocycles. The number of benzene rings is 1. The topological polar surface area (TPSA) is 57.6 Å². The summed E-state index contributed by atoms with van der Waals surface area (Å²) in [5.74, 6) is -1.53. The van der Waals surface area contributed by atoms with Gasteiger partial charge in [0, 0.05) is 18.2 Å². The molecule has 0 saturated heterocycles. The molecule has 1 unspecified atom stereocenters. The zero-order chi connectivity index (χ0) is 16.9. The Labute approximate surface area is 133 Å². The van der Waals surface area contributed by atoms with E-state index in [0.717, 1.165) is 29.7 Å². The largest absolute Gasteiger partial charge is 0.481 e. The van der Waals surface area contributed by atoms with Crippen molar-refractivity contribution in [3.8, 4) is 0 Å². The van der Waals surface area contributed by atoms with Crippen molar-refractivity contribution in [1.29, 1.82) is 0 Å². The smallest absolute Gasteiger partial charge is 0.308 e. The van der Waals surface area contributed by atoms with Gasteiger partial charge in [-0.1, -0.05) is 32.9 Å². The predicted octanol–water partition coefficient (Wildman–Crippen LogP) is 3.79. The molecule has 1 amide bonds. The van der Waals surface area contributed by atoms with Gasteiger partial charge in [-0.05, 0) is 43.9 Å². The molecule has 0 saturated carbocycles. The van der Waals surface area contributed by atoms with Crippen LogP contribution < -0.4 is 4.90 Å². The van der Waals surface area contributed by atoms with Crippen LogP contribution in [0.2, 0.25) is 0 Å². The van der Waals surface area contributed by atoms with Crippen LogP contribution in [0.15, 0.2) is 18.2 Å². The highest BCUT2D eigenvalue weighted by molar-refractivity contribution is 5.96. The van der Waals surface area contributed by atoms with Gasteiger partial charge in [-0.25, -0.2) is 0 Å². The molecule has 0 aliphatic rings. The van der Waals surface area contributed by atoms with Crippen LogP contribution in [0.3, 0.4) is 0 Å². The second kappa shape index (κ2) is 7.97. The van der Waals surface area contributed by atoms with Crippen molar-refractivity contribution in [2.75, 3.05) is 11.4 Å². The van der Waals surface area contributed by atoms with Gasteiger partial charge in [-0.3, -0.25) is 9.59 Å². The van der Waals surface area contributed by atoms with Gasteiger partial charge in [0.2, 0.25) is 5.91 Å². The SMILES string of the molecule is CCC(CC)C(=O)N(CC(C)C(=O)O)c1cc(C)ccc1C. The fourth-order valence-electron chi connectivity index (χ4n) is 2.53. The fourth-order valence-corrected chi connectivity index (χ4v) is 2.53. The Balaban J connectivity index is 3.23. The molecule has 4 nitrogen and oxygen atoms in total. The molecular weight excluding hydrogens is 278 g/mol. The van der Waals surface area contributed by atoms with Crippen molar-refractivity contribution in [3.05, 3.63) is 29.3 Å². The van der Waals surface area contributed by atoms with Crippen LogP contribution >= 0.6 is 0 Å². The number of aliphatic carboxylic acids is 1. The molecule has 0 fully saturated rings. The lowest BCUT2D eigenvalue weighted by atomic mass is 9.99. The fraction of sp³-hybridized carbons (Fsp3) is 0.556. The van der Waals surface area contributed by atoms with Gasteiger partial charge >= 0.3 is 5.97 Å². The summed E-state index contributed by atoms with van der Waals surface area (Å²) >= 11 is 0. The summed E-state index contributed by atoms with van der Waals surface area (Å²) in [6.45, 7) is 9.76. The standard InChI is InChI=1S/C18H27NO3/c1-6-15(7-2)17(20)19(11-14(5)18(21)22)16-10-12(3)8-9-13(16)4/h8-10,14-15H,6-7,11H2,1-5H3,(H,21,22). The minimum atomic E-state index is -0.882. The first kappa shape index (κ1) is 18.2. The average Bonchev–Trinajstić information content (AvgIpc) is 2.48. The lowest BCUT2D eigenvalue weighted by Gasteiger charge is -2.29. The van der Waals surface area contributed by atoms with E-state index in [1.807, 2.05) is 45.9 Å². The quantitative estimate of drug-likeness (QED) is 0.833. The number of aryl methyl sites for hydroxylation is 2. The Hall–Kier alpha value is -1.84. The summed E-state index contributed by atoms with van der Waals surface area (Å²) in [6, 6.07) is 5.94. The first-order chi connectivity index (χ1) is 10.3. The van der Waals surface area contributed by atoms with Gasteiger partial charge in [-0.2, -0.15) is 0 Å². The van der Waals surface area contributed by atoms with Crippen molar-refractivity contribution < 1.29 is 14.7 Å². The van der Waals surface area contributed by atoms with E-state index < -0.39 is 11.9 Å². The van der Waals surface area contributed by atoms with Gasteiger partial charge in [0.1, 0.15) is 0 Å². The highest BCUT2D eigenvalue weighted by atomic mass is 16.4. The summed E-state index contributed by atoms with van der Waals surface area (Å²) in [5.41, 5.74) is 2.87. The molecule has 0 bridgehead atoms. The third-order valence-electron chi connectivity index (χ3n) is 4.13. The van der Waals surface area contributed by atoms with Gasteiger partial charge in [0.25, 0.3) is 0 Å². The average molecular weight is 305 g/mol. The zero-order valence-electron chi connectivity index (χ0n) is 14.2. The Morgan fingerprint density at radius 3 is 2.27 bits per heavy atom. The van der Waals surface area contributed by atoms with Crippen molar-refractivity contribution in [3.63, 3.8) is 0 Å². The van der Waals surface area contributed by atoms with Crippen molar-refractivity contribution in [2.24, 2.45) is 11.8 Å². The summed E-state index contributed by atoms with van der Waals surface area (Å²) in [5, 5.41) is 9.20. The number of hydrogen-bond donors (Lipinski definition) is 1. The lowest BCUT2D eigenvalue weighted by Crippen LogP contribution is -2.41. The molecule has 1 aromatic rings. The first-order valence-corrected chi connectivity index (χ1v) is 7.93. The van der Waals surface area contributed by atoms with E-state index in [4.69, 9.17) is 0 Å². The number of carbonyl (C=O) groups is 2. The van der Waals surface area contributed by atoms with E-state index >= 15 is 0 Å². The molecule has 0 aliphatic heterocycles. The highest BCUT2D eigenvalue weighted by Crippen LogP contribution is 2.26. The first-order valence-electron chi connectivity index (χ1n) is 7.93. The molecule has 1 rings (SSSR count). The van der Waals surface area contributed by atoms with E-state index in [0.29, 0.717) is 0 Å². The predicted molar refractivity (Wildman–Crippen MR) is 89.1 cm³/mol. The molecule has 0 aliphatic carbocycles. The third kappa shape index (κ3) is 4.33. The monoisotopic (exact) mass is 305 g/mol. The van der Waals surface area contributed by atoms with E-state index in [2.05, 4.69) is 0 Å². The number of carbonyl (C=O) groups excluding carboxylic acids is 1. The molecule has 1 atom stereocenters. The van der Waals surface area contributed by atoms with Crippen LogP contribution in [0, 0.1) is 25.7 Å². The Kier molecular flexibility index (Phi) is 6.60. The molecule has 122 valence electrons. The maximum absolute atomic E-state index is 12.9. The second-order valence-electron chi connectivity index (χ2n) is 5.99. The molecule has 0 radical (unpaired) electrons. The lowest BCUT2D eigenvalue weighted by molar-refractivity contribution is -0.140. The number of carboxylic acid groups (broad SMARTS) is 1. The van der Waals surface area contributed by atoms with Crippen LogP contribution in [-0.2, 0) is 9.59 Å². The number of nitrogens with zero attached hydrogens (tertiary/aromatic N) is 1. The summed E-state index contributed by atoms with van der Waals surface area (Å²) in [7, 11) is 0. The van der Waals surface area contributed by atoms with Crippen molar-refractivity contribution in [1.82, 2.24) is 0 Å². The summed E-state index contributed by atoms with van der Waals surface area (Å²) in [4.78, 5) is 25.7. The van der Waals surface area contributed by atoms with Crippen LogP contribution in [0.4, 0.5) is 5.69 Å².